The highest BCUT2D eigenvalue weighted by atomic mass is 79.9. The summed E-state index contributed by atoms with van der Waals surface area (Å²) in [5, 5.41) is 9.98. The number of hydrogen-bond donors (Lipinski definition) is 2. The van der Waals surface area contributed by atoms with Crippen molar-refractivity contribution >= 4 is 39.1 Å². The van der Waals surface area contributed by atoms with Crippen LogP contribution < -0.4 is 10.2 Å². The molecule has 4 rings (SSSR count). The molecule has 30 heavy (non-hydrogen) atoms. The van der Waals surface area contributed by atoms with Crippen molar-refractivity contribution in [2.45, 2.75) is 6.42 Å². The summed E-state index contributed by atoms with van der Waals surface area (Å²) in [5.41, 5.74) is 4.92. The number of rotatable bonds is 5. The molecule has 0 atom stereocenters. The number of aromatic amines is 1. The maximum absolute atomic E-state index is 12.6. The smallest absolute Gasteiger partial charge is 0.273 e. The van der Waals surface area contributed by atoms with E-state index >= 15 is 0 Å². The monoisotopic (exact) mass is 467 g/mol. The van der Waals surface area contributed by atoms with Crippen LogP contribution in [0.2, 0.25) is 0 Å². The average Bonchev–Trinajstić information content (AvgIpc) is 3.36. The zero-order chi connectivity index (χ0) is 21.3. The number of H-pyrrole nitrogens is 1. The van der Waals surface area contributed by atoms with Crippen LogP contribution >= 0.6 is 15.9 Å². The zero-order valence-electron chi connectivity index (χ0n) is 16.8. The number of carbonyl (C=O) groups excluding carboxylic acids is 2. The lowest BCUT2D eigenvalue weighted by molar-refractivity contribution is -0.127. The Morgan fingerprint density at radius 3 is 2.67 bits per heavy atom. The summed E-state index contributed by atoms with van der Waals surface area (Å²) < 4.78 is 0.987. The second-order valence-electron chi connectivity index (χ2n) is 7.43. The van der Waals surface area contributed by atoms with Gasteiger partial charge in [-0.25, -0.2) is 0 Å². The van der Waals surface area contributed by atoms with Crippen LogP contribution in [-0.2, 0) is 11.2 Å². The molecule has 0 bridgehead atoms. The van der Waals surface area contributed by atoms with Gasteiger partial charge in [0.25, 0.3) is 5.91 Å². The highest BCUT2D eigenvalue weighted by Crippen LogP contribution is 2.30. The minimum Gasteiger partial charge on any atom is -0.362 e. The molecule has 2 N–H and O–H groups in total. The highest BCUT2D eigenvalue weighted by Gasteiger charge is 2.22. The van der Waals surface area contributed by atoms with Crippen LogP contribution in [0.25, 0.3) is 11.3 Å². The number of hydrogen-bond acceptors (Lipinski definition) is 4. The molecule has 1 aliphatic rings. The number of nitrogens with one attached hydrogen (secondary N) is 2. The molecule has 2 amide bonds. The van der Waals surface area contributed by atoms with Crippen molar-refractivity contribution in [1.82, 2.24) is 15.1 Å². The summed E-state index contributed by atoms with van der Waals surface area (Å²) in [4.78, 5) is 28.3. The van der Waals surface area contributed by atoms with Crippen molar-refractivity contribution in [3.63, 3.8) is 0 Å². The molecule has 0 saturated heterocycles. The quantitative estimate of drug-likeness (QED) is 0.601. The Balaban J connectivity index is 1.45. The zero-order valence-corrected chi connectivity index (χ0v) is 18.4. The number of fused-ring (bicyclic) bond motifs is 1. The minimum absolute atomic E-state index is 0.0704. The maximum atomic E-state index is 12.6. The molecule has 8 heteroatoms. The lowest BCUT2D eigenvalue weighted by atomic mass is 10.1. The van der Waals surface area contributed by atoms with Crippen LogP contribution in [-0.4, -0.2) is 54.1 Å². The van der Waals surface area contributed by atoms with Gasteiger partial charge in [-0.3, -0.25) is 14.7 Å². The molecule has 0 spiro atoms. The summed E-state index contributed by atoms with van der Waals surface area (Å²) in [6, 6.07) is 15.3. The van der Waals surface area contributed by atoms with E-state index < -0.39 is 0 Å². The normalized spacial score (nSPS) is 12.6. The number of carbonyl (C=O) groups is 2. The number of amides is 2. The summed E-state index contributed by atoms with van der Waals surface area (Å²) in [6.07, 6.45) is 0.845. The minimum atomic E-state index is -0.247. The third-order valence-electron chi connectivity index (χ3n) is 5.12. The molecule has 0 fully saturated rings. The van der Waals surface area contributed by atoms with Crippen LogP contribution in [0, 0.1) is 0 Å². The van der Waals surface area contributed by atoms with Gasteiger partial charge in [0.2, 0.25) is 5.91 Å². The highest BCUT2D eigenvalue weighted by molar-refractivity contribution is 9.10. The molecule has 2 heterocycles. The van der Waals surface area contributed by atoms with Gasteiger partial charge >= 0.3 is 0 Å². The molecule has 1 aliphatic heterocycles. The van der Waals surface area contributed by atoms with Gasteiger partial charge in [0, 0.05) is 42.1 Å². The van der Waals surface area contributed by atoms with E-state index in [0.717, 1.165) is 39.9 Å². The van der Waals surface area contributed by atoms with Gasteiger partial charge in [0.1, 0.15) is 5.69 Å². The van der Waals surface area contributed by atoms with Gasteiger partial charge in [-0.2, -0.15) is 5.10 Å². The van der Waals surface area contributed by atoms with Crippen LogP contribution in [0.4, 0.5) is 11.4 Å². The van der Waals surface area contributed by atoms with Crippen LogP contribution in [0.3, 0.4) is 0 Å². The largest absolute Gasteiger partial charge is 0.362 e. The van der Waals surface area contributed by atoms with E-state index in [2.05, 4.69) is 36.3 Å². The Kier molecular flexibility index (Phi) is 5.59. The van der Waals surface area contributed by atoms with Crippen molar-refractivity contribution < 1.29 is 9.59 Å². The molecule has 3 aromatic rings. The lowest BCUT2D eigenvalue weighted by Gasteiger charge is -2.21. The number of nitrogens with zero attached hydrogens (tertiary/aromatic N) is 3. The summed E-state index contributed by atoms with van der Waals surface area (Å²) in [5.74, 6) is -0.176. The molecule has 7 nitrogen and oxygen atoms in total. The fourth-order valence-electron chi connectivity index (χ4n) is 3.42. The summed E-state index contributed by atoms with van der Waals surface area (Å²) in [7, 11) is 3.52. The van der Waals surface area contributed by atoms with Gasteiger partial charge in [-0.15, -0.1) is 0 Å². The average molecular weight is 468 g/mol. The van der Waals surface area contributed by atoms with Crippen LogP contribution in [0.15, 0.2) is 53.0 Å². The molecule has 0 saturated carbocycles. The van der Waals surface area contributed by atoms with Gasteiger partial charge < -0.3 is 15.1 Å². The fraction of sp³-hybridized carbons (Fsp3) is 0.227. The molecular formula is C22H22BrN5O2. The second-order valence-corrected chi connectivity index (χ2v) is 8.35. The first kappa shape index (κ1) is 20.2. The van der Waals surface area contributed by atoms with Crippen molar-refractivity contribution in [1.29, 1.82) is 0 Å². The Hall–Kier alpha value is -3.13. The lowest BCUT2D eigenvalue weighted by Crippen LogP contribution is -2.35. The number of aromatic nitrogens is 2. The Labute approximate surface area is 183 Å². The first-order valence-corrected chi connectivity index (χ1v) is 10.4. The van der Waals surface area contributed by atoms with Crippen LogP contribution in [0.5, 0.6) is 0 Å². The number of benzene rings is 2. The maximum Gasteiger partial charge on any atom is 0.273 e. The van der Waals surface area contributed by atoms with Gasteiger partial charge in [-0.05, 0) is 48.4 Å². The first-order chi connectivity index (χ1) is 14.4. The number of halogens is 1. The predicted octanol–water partition coefficient (Wildman–Crippen LogP) is 3.54. The molecule has 2 aromatic carbocycles. The summed E-state index contributed by atoms with van der Waals surface area (Å²) >= 11 is 3.41. The van der Waals surface area contributed by atoms with Crippen molar-refractivity contribution in [3.05, 3.63) is 64.3 Å². The van der Waals surface area contributed by atoms with Crippen LogP contribution in [0.1, 0.15) is 16.1 Å². The fourth-order valence-corrected chi connectivity index (χ4v) is 3.69. The Morgan fingerprint density at radius 2 is 1.93 bits per heavy atom. The van der Waals surface area contributed by atoms with Crippen molar-refractivity contribution in [2.75, 3.05) is 37.4 Å². The van der Waals surface area contributed by atoms with E-state index in [1.54, 1.807) is 25.1 Å². The molecule has 1 aromatic heterocycles. The van der Waals surface area contributed by atoms with E-state index in [0.29, 0.717) is 17.9 Å². The van der Waals surface area contributed by atoms with Gasteiger partial charge in [0.05, 0.1) is 12.2 Å². The third-order valence-corrected chi connectivity index (χ3v) is 5.65. The van der Waals surface area contributed by atoms with E-state index in [4.69, 9.17) is 0 Å². The Bertz CT molecular complexity index is 1090. The molecule has 154 valence electrons. The standard InChI is InChI=1S/C22H22BrN5O2/c1-27(2)21(29)13-28-10-9-15-11-17(7-8-20(15)28)24-22(30)19-12-18(25-26-19)14-3-5-16(23)6-4-14/h3-8,11-12H,9-10,13H2,1-2H3,(H,24,30)(H,25,26). The van der Waals surface area contributed by atoms with Gasteiger partial charge in [0.15, 0.2) is 0 Å². The van der Waals surface area contributed by atoms with Gasteiger partial charge in [-0.1, -0.05) is 28.1 Å². The van der Waals surface area contributed by atoms with Crippen molar-refractivity contribution in [2.24, 2.45) is 0 Å². The molecular weight excluding hydrogens is 446 g/mol. The van der Waals surface area contributed by atoms with E-state index in [-0.39, 0.29) is 11.8 Å². The van der Waals surface area contributed by atoms with E-state index in [1.807, 2.05) is 42.5 Å². The topological polar surface area (TPSA) is 81.3 Å². The molecule has 0 unspecified atom stereocenters. The Morgan fingerprint density at radius 1 is 1.17 bits per heavy atom. The molecule has 0 aliphatic carbocycles. The second kappa shape index (κ2) is 8.31. The third kappa shape index (κ3) is 4.23. The molecule has 0 radical (unpaired) electrons. The van der Waals surface area contributed by atoms with E-state index in [9.17, 15) is 9.59 Å². The summed E-state index contributed by atoms with van der Waals surface area (Å²) in [6.45, 7) is 1.15. The van der Waals surface area contributed by atoms with Crippen molar-refractivity contribution in [3.8, 4) is 11.3 Å². The first-order valence-electron chi connectivity index (χ1n) is 9.61. The predicted molar refractivity (Wildman–Crippen MR) is 121 cm³/mol. The number of likely N-dealkylation sites (N-methyl/N-ethyl adjacent to an activating group) is 1. The number of anilines is 2. The SMILES string of the molecule is CN(C)C(=O)CN1CCc2cc(NC(=O)c3cc(-c4ccc(Br)cc4)n[nH]3)ccc21. The van der Waals surface area contributed by atoms with E-state index in [1.165, 1.54) is 0 Å².